The second kappa shape index (κ2) is 5.10. The third kappa shape index (κ3) is 2.61. The van der Waals surface area contributed by atoms with E-state index in [4.69, 9.17) is 4.74 Å². The second-order valence-electron chi connectivity index (χ2n) is 3.48. The van der Waals surface area contributed by atoms with Crippen molar-refractivity contribution in [1.29, 1.82) is 0 Å². The molecule has 1 fully saturated rings. The molecule has 0 aromatic heterocycles. The van der Waals surface area contributed by atoms with Gasteiger partial charge in [-0.15, -0.1) is 0 Å². The minimum atomic E-state index is -0.126. The highest BCUT2D eigenvalue weighted by Gasteiger charge is 2.28. The zero-order valence-electron chi connectivity index (χ0n) is 8.58. The number of carbonyl (C=O) groups is 1. The van der Waals surface area contributed by atoms with Gasteiger partial charge in [0.1, 0.15) is 0 Å². The normalized spacial score (nSPS) is 22.0. The number of likely N-dealkylation sites (tertiary alicyclic amines) is 1. The monoisotopic (exact) mass is 185 g/mol. The number of hydrogen-bond acceptors (Lipinski definition) is 2. The van der Waals surface area contributed by atoms with Crippen molar-refractivity contribution in [2.24, 2.45) is 0 Å². The van der Waals surface area contributed by atoms with Gasteiger partial charge in [0.2, 0.25) is 0 Å². The van der Waals surface area contributed by atoms with E-state index in [2.05, 4.69) is 6.92 Å². The Morgan fingerprint density at radius 2 is 2.31 bits per heavy atom. The quantitative estimate of drug-likeness (QED) is 0.675. The Kier molecular flexibility index (Phi) is 4.06. The first kappa shape index (κ1) is 10.4. The van der Waals surface area contributed by atoms with Crippen LogP contribution in [0.3, 0.4) is 0 Å². The van der Waals surface area contributed by atoms with E-state index in [0.29, 0.717) is 12.6 Å². The predicted octanol–water partition coefficient (Wildman–Crippen LogP) is 2.41. The van der Waals surface area contributed by atoms with E-state index in [1.54, 1.807) is 0 Å². The summed E-state index contributed by atoms with van der Waals surface area (Å²) in [6.45, 7) is 5.36. The molecular formula is C10H19NO2. The van der Waals surface area contributed by atoms with Gasteiger partial charge in [0.25, 0.3) is 0 Å². The van der Waals surface area contributed by atoms with E-state index in [0.717, 1.165) is 32.2 Å². The van der Waals surface area contributed by atoms with Crippen LogP contribution in [0.5, 0.6) is 0 Å². The molecule has 1 rings (SSSR count). The Morgan fingerprint density at radius 3 is 2.92 bits per heavy atom. The molecule has 0 spiro atoms. The van der Waals surface area contributed by atoms with Gasteiger partial charge < -0.3 is 9.64 Å². The first-order valence-electron chi connectivity index (χ1n) is 5.23. The van der Waals surface area contributed by atoms with Crippen LogP contribution in [-0.4, -0.2) is 30.2 Å². The highest BCUT2D eigenvalue weighted by atomic mass is 16.6. The van der Waals surface area contributed by atoms with E-state index in [-0.39, 0.29) is 6.09 Å². The summed E-state index contributed by atoms with van der Waals surface area (Å²) in [5, 5.41) is 0. The van der Waals surface area contributed by atoms with Gasteiger partial charge in [-0.1, -0.05) is 13.3 Å². The fraction of sp³-hybridized carbons (Fsp3) is 0.900. The minimum absolute atomic E-state index is 0.126. The zero-order valence-corrected chi connectivity index (χ0v) is 8.58. The van der Waals surface area contributed by atoms with Gasteiger partial charge in [-0.2, -0.15) is 0 Å². The van der Waals surface area contributed by atoms with Crippen LogP contribution in [0, 0.1) is 0 Å². The van der Waals surface area contributed by atoms with Crippen molar-refractivity contribution in [3.63, 3.8) is 0 Å². The molecule has 0 aromatic rings. The van der Waals surface area contributed by atoms with Crippen LogP contribution in [0.25, 0.3) is 0 Å². The van der Waals surface area contributed by atoms with Gasteiger partial charge in [-0.25, -0.2) is 4.79 Å². The molecule has 3 heteroatoms. The van der Waals surface area contributed by atoms with Crippen molar-refractivity contribution in [1.82, 2.24) is 4.90 Å². The van der Waals surface area contributed by atoms with E-state index < -0.39 is 0 Å². The van der Waals surface area contributed by atoms with E-state index >= 15 is 0 Å². The summed E-state index contributed by atoms with van der Waals surface area (Å²) in [5.41, 5.74) is 0. The molecule has 0 aliphatic carbocycles. The summed E-state index contributed by atoms with van der Waals surface area (Å²) in [4.78, 5) is 13.3. The summed E-state index contributed by atoms with van der Waals surface area (Å²) < 4.78 is 4.99. The molecule has 0 saturated carbocycles. The molecule has 1 heterocycles. The van der Waals surface area contributed by atoms with Gasteiger partial charge in [0, 0.05) is 12.6 Å². The predicted molar refractivity (Wildman–Crippen MR) is 51.7 cm³/mol. The van der Waals surface area contributed by atoms with Gasteiger partial charge in [0.05, 0.1) is 6.61 Å². The smallest absolute Gasteiger partial charge is 0.409 e. The number of nitrogens with zero attached hydrogens (tertiary/aromatic N) is 1. The first-order chi connectivity index (χ1) is 6.29. The minimum Gasteiger partial charge on any atom is -0.450 e. The largest absolute Gasteiger partial charge is 0.450 e. The van der Waals surface area contributed by atoms with Crippen LogP contribution in [-0.2, 0) is 4.74 Å². The van der Waals surface area contributed by atoms with Crippen molar-refractivity contribution in [2.45, 2.75) is 45.6 Å². The van der Waals surface area contributed by atoms with Gasteiger partial charge in [0.15, 0.2) is 0 Å². The Hall–Kier alpha value is -0.730. The summed E-state index contributed by atoms with van der Waals surface area (Å²) in [7, 11) is 0. The fourth-order valence-corrected chi connectivity index (χ4v) is 1.92. The third-order valence-electron chi connectivity index (χ3n) is 2.50. The van der Waals surface area contributed by atoms with Crippen LogP contribution in [0.15, 0.2) is 0 Å². The molecule has 13 heavy (non-hydrogen) atoms. The Labute approximate surface area is 80.1 Å². The summed E-state index contributed by atoms with van der Waals surface area (Å²) in [6.07, 6.45) is 4.40. The van der Waals surface area contributed by atoms with Crippen LogP contribution < -0.4 is 0 Å². The second-order valence-corrected chi connectivity index (χ2v) is 3.48. The molecule has 0 aromatic carbocycles. The van der Waals surface area contributed by atoms with Crippen molar-refractivity contribution >= 4 is 6.09 Å². The van der Waals surface area contributed by atoms with Crippen LogP contribution in [0.1, 0.15) is 39.5 Å². The lowest BCUT2D eigenvalue weighted by Gasteiger charge is -2.23. The van der Waals surface area contributed by atoms with Crippen LogP contribution >= 0.6 is 0 Å². The van der Waals surface area contributed by atoms with Gasteiger partial charge >= 0.3 is 6.09 Å². The Balaban J connectivity index is 2.42. The molecule has 1 aliphatic rings. The summed E-state index contributed by atoms with van der Waals surface area (Å²) >= 11 is 0. The maximum Gasteiger partial charge on any atom is 0.409 e. The lowest BCUT2D eigenvalue weighted by Crippen LogP contribution is -2.35. The van der Waals surface area contributed by atoms with Crippen molar-refractivity contribution < 1.29 is 9.53 Å². The van der Waals surface area contributed by atoms with Crippen molar-refractivity contribution in [3.05, 3.63) is 0 Å². The van der Waals surface area contributed by atoms with Crippen molar-refractivity contribution in [2.75, 3.05) is 13.2 Å². The van der Waals surface area contributed by atoms with E-state index in [9.17, 15) is 4.79 Å². The molecular weight excluding hydrogens is 166 g/mol. The van der Waals surface area contributed by atoms with Gasteiger partial charge in [-0.05, 0) is 26.2 Å². The SMILES string of the molecule is CCC[C@@H]1CCCN1C(=O)OCC. The van der Waals surface area contributed by atoms with Crippen LogP contribution in [0.2, 0.25) is 0 Å². The molecule has 0 unspecified atom stereocenters. The summed E-state index contributed by atoms with van der Waals surface area (Å²) in [5.74, 6) is 0. The zero-order chi connectivity index (χ0) is 9.68. The van der Waals surface area contributed by atoms with E-state index in [1.807, 2.05) is 11.8 Å². The molecule has 0 bridgehead atoms. The van der Waals surface area contributed by atoms with E-state index in [1.165, 1.54) is 0 Å². The Bertz CT molecular complexity index is 170. The third-order valence-corrected chi connectivity index (χ3v) is 2.50. The topological polar surface area (TPSA) is 29.5 Å². The highest BCUT2D eigenvalue weighted by Crippen LogP contribution is 2.21. The molecule has 76 valence electrons. The molecule has 3 nitrogen and oxygen atoms in total. The number of rotatable bonds is 3. The van der Waals surface area contributed by atoms with Gasteiger partial charge in [-0.3, -0.25) is 0 Å². The molecule has 1 aliphatic heterocycles. The lowest BCUT2D eigenvalue weighted by molar-refractivity contribution is 0.101. The maximum absolute atomic E-state index is 11.4. The molecule has 1 amide bonds. The lowest BCUT2D eigenvalue weighted by atomic mass is 10.1. The molecule has 0 N–H and O–H groups in total. The molecule has 1 saturated heterocycles. The average Bonchev–Trinajstić information content (AvgIpc) is 2.54. The number of ether oxygens (including phenoxy) is 1. The fourth-order valence-electron chi connectivity index (χ4n) is 1.92. The average molecular weight is 185 g/mol. The number of hydrogen-bond donors (Lipinski definition) is 0. The first-order valence-corrected chi connectivity index (χ1v) is 5.23. The van der Waals surface area contributed by atoms with Crippen LogP contribution in [0.4, 0.5) is 4.79 Å². The Morgan fingerprint density at radius 1 is 1.54 bits per heavy atom. The number of carbonyl (C=O) groups excluding carboxylic acids is 1. The summed E-state index contributed by atoms with van der Waals surface area (Å²) in [6, 6.07) is 0.434. The van der Waals surface area contributed by atoms with Crippen molar-refractivity contribution in [3.8, 4) is 0 Å². The standard InChI is InChI=1S/C10H19NO2/c1-3-6-9-7-5-8-11(9)10(12)13-4-2/h9H,3-8H2,1-2H3/t9-/m1/s1. The molecule has 1 atom stereocenters. The molecule has 0 radical (unpaired) electrons. The highest BCUT2D eigenvalue weighted by molar-refractivity contribution is 5.68. The maximum atomic E-state index is 11.4. The number of amides is 1.